The third-order valence-electron chi connectivity index (χ3n) is 7.57. The monoisotopic (exact) mass is 859 g/mol. The number of benzene rings is 2. The van der Waals surface area contributed by atoms with Gasteiger partial charge in [-0.05, 0) is 63.1 Å². The summed E-state index contributed by atoms with van der Waals surface area (Å²) < 4.78 is 167. The first-order valence-corrected chi connectivity index (χ1v) is 22.7. The van der Waals surface area contributed by atoms with Crippen LogP contribution in [-0.4, -0.2) is 111 Å². The first-order chi connectivity index (χ1) is 24.4. The number of carbonyl (C=O) groups is 1. The summed E-state index contributed by atoms with van der Waals surface area (Å²) in [6.07, 6.45) is 6.66. The van der Waals surface area contributed by atoms with E-state index in [0.717, 1.165) is 18.2 Å². The summed E-state index contributed by atoms with van der Waals surface area (Å²) in [5.41, 5.74) is -0.285. The molecule has 2 aromatic carbocycles. The Morgan fingerprint density at radius 3 is 1.76 bits per heavy atom. The normalized spacial score (nSPS) is 14.1. The number of anilines is 1. The van der Waals surface area contributed by atoms with Crippen LogP contribution < -0.4 is 4.90 Å². The summed E-state index contributed by atoms with van der Waals surface area (Å²) in [6.45, 7) is 5.12. The highest BCUT2D eigenvalue weighted by Gasteiger charge is 2.31. The molecule has 0 radical (unpaired) electrons. The van der Waals surface area contributed by atoms with Crippen LogP contribution in [0.25, 0.3) is 0 Å². The number of rotatable bonds is 18. The highest BCUT2D eigenvalue weighted by atomic mass is 32.2. The zero-order valence-corrected chi connectivity index (χ0v) is 33.1. The van der Waals surface area contributed by atoms with Gasteiger partial charge in [0.15, 0.2) is 10.6 Å². The lowest BCUT2D eigenvalue weighted by molar-refractivity contribution is -0.443. The molecule has 2 aromatic rings. The molecule has 0 bridgehead atoms. The molecule has 0 heterocycles. The van der Waals surface area contributed by atoms with Gasteiger partial charge in [0.1, 0.15) is 6.54 Å². The quantitative estimate of drug-likeness (QED) is 0.0543. The maximum absolute atomic E-state index is 12.4. The molecule has 0 aliphatic heterocycles. The van der Waals surface area contributed by atoms with E-state index in [0.29, 0.717) is 11.8 Å². The summed E-state index contributed by atoms with van der Waals surface area (Å²) in [7, 11) is -23.9. The Kier molecular flexibility index (Phi) is 15.2. The number of aromatic carboxylic acids is 1. The number of hydrogen-bond acceptors (Lipinski definition) is 12. The van der Waals surface area contributed by atoms with Crippen LogP contribution >= 0.6 is 0 Å². The standard InChI is InChI=1S/C30H38N2O17S5/c1-20-16-24(52(41,42)43)19-28(54(47,48)49)29(20)32(13-9-15-51(38,39)40)22(3)11-7-5-6-10-21(2)31(12-8-14-50(35,36)37)27-18-25(53(44,45)46)17-26(23(27)4)30(33)34/h5-7,10-11,16-19H,8-9,12-15H2,1-4H3,(H5-,33,34,35,36,37,38,39,40,41,42,43,44,45,46,47,48,49)/p+1. The predicted molar refractivity (Wildman–Crippen MR) is 196 cm³/mol. The van der Waals surface area contributed by atoms with Gasteiger partial charge in [0.25, 0.3) is 40.5 Å². The fraction of sp³-hybridized carbons (Fsp3) is 0.333. The molecule has 0 aliphatic rings. The van der Waals surface area contributed by atoms with E-state index in [1.165, 1.54) is 67.6 Å². The summed E-state index contributed by atoms with van der Waals surface area (Å²) in [6, 6.07) is 3.19. The maximum atomic E-state index is 12.4. The van der Waals surface area contributed by atoms with Crippen LogP contribution in [0.1, 0.15) is 48.2 Å². The topological polar surface area (TPSA) is 315 Å². The molecule has 0 amide bonds. The van der Waals surface area contributed by atoms with Crippen molar-refractivity contribution in [3.05, 3.63) is 77.0 Å². The van der Waals surface area contributed by atoms with E-state index in [1.54, 1.807) is 0 Å². The van der Waals surface area contributed by atoms with Gasteiger partial charge in [0.2, 0.25) is 5.69 Å². The molecule has 0 fully saturated rings. The van der Waals surface area contributed by atoms with Crippen molar-refractivity contribution in [3.63, 3.8) is 0 Å². The zero-order valence-electron chi connectivity index (χ0n) is 29.0. The second kappa shape index (κ2) is 17.7. The lowest BCUT2D eigenvalue weighted by Gasteiger charge is -2.28. The second-order valence-electron chi connectivity index (χ2n) is 11.7. The fourth-order valence-electron chi connectivity index (χ4n) is 5.13. The van der Waals surface area contributed by atoms with E-state index in [2.05, 4.69) is 0 Å². The van der Waals surface area contributed by atoms with Gasteiger partial charge in [0, 0.05) is 42.9 Å². The van der Waals surface area contributed by atoms with Crippen LogP contribution in [-0.2, 0) is 50.6 Å². The predicted octanol–water partition coefficient (Wildman–Crippen LogP) is 2.93. The van der Waals surface area contributed by atoms with Crippen molar-refractivity contribution in [1.82, 2.24) is 0 Å². The van der Waals surface area contributed by atoms with Crippen LogP contribution in [0.5, 0.6) is 0 Å². The van der Waals surface area contributed by atoms with E-state index in [4.69, 9.17) is 0 Å². The van der Waals surface area contributed by atoms with E-state index in [1.807, 2.05) is 0 Å². The molecule has 0 spiro atoms. The minimum atomic E-state index is -5.15. The molecular formula is C30H39N2O17S5+. The highest BCUT2D eigenvalue weighted by molar-refractivity contribution is 7.87. The number of carboxylic acid groups (broad SMARTS) is 1. The van der Waals surface area contributed by atoms with Crippen molar-refractivity contribution in [3.8, 4) is 0 Å². The number of aryl methyl sites for hydroxylation is 1. The van der Waals surface area contributed by atoms with Gasteiger partial charge in [-0.1, -0.05) is 18.2 Å². The van der Waals surface area contributed by atoms with Gasteiger partial charge in [0.05, 0.1) is 26.9 Å². The molecular weight excluding hydrogens is 821 g/mol. The Morgan fingerprint density at radius 1 is 0.722 bits per heavy atom. The van der Waals surface area contributed by atoms with E-state index >= 15 is 0 Å². The van der Waals surface area contributed by atoms with Crippen LogP contribution in [0.2, 0.25) is 0 Å². The summed E-state index contributed by atoms with van der Waals surface area (Å²) in [4.78, 5) is 10.7. The van der Waals surface area contributed by atoms with Crippen molar-refractivity contribution in [1.29, 1.82) is 0 Å². The highest BCUT2D eigenvalue weighted by Crippen LogP contribution is 2.33. The van der Waals surface area contributed by atoms with E-state index in [-0.39, 0.29) is 54.1 Å². The van der Waals surface area contributed by atoms with Gasteiger partial charge in [-0.2, -0.15) is 46.7 Å². The third kappa shape index (κ3) is 13.8. The maximum Gasteiger partial charge on any atom is 0.336 e. The molecule has 6 N–H and O–H groups in total. The fourth-order valence-corrected chi connectivity index (χ4v) is 8.10. The van der Waals surface area contributed by atoms with Crippen LogP contribution in [0.4, 0.5) is 11.4 Å². The molecule has 24 heteroatoms. The van der Waals surface area contributed by atoms with Crippen molar-refractivity contribution in [2.45, 2.75) is 55.2 Å². The number of nitrogens with zero attached hydrogens (tertiary/aromatic N) is 2. The van der Waals surface area contributed by atoms with Crippen molar-refractivity contribution in [2.24, 2.45) is 0 Å². The first kappa shape index (κ1) is 46.3. The SMILES string of the molecule is C\C(=C/C=C/C=C/C(C)=[N+](\CCCS(=O)(=O)O)c1c(C)cc(S(=O)(=O)O)cc1S(=O)(=O)O)N(CCCS(=O)(=O)O)c1cc(S(=O)(=O)O)cc(C(=O)O)c1C. The summed E-state index contributed by atoms with van der Waals surface area (Å²) in [5, 5.41) is 9.68. The average Bonchev–Trinajstić information content (AvgIpc) is 2.98. The van der Waals surface area contributed by atoms with Gasteiger partial charge >= 0.3 is 16.1 Å². The minimum Gasteiger partial charge on any atom is -0.478 e. The van der Waals surface area contributed by atoms with Crippen molar-refractivity contribution in [2.75, 3.05) is 29.5 Å². The van der Waals surface area contributed by atoms with Gasteiger partial charge in [-0.15, -0.1) is 0 Å². The molecule has 0 aromatic heterocycles. The summed E-state index contributed by atoms with van der Waals surface area (Å²) >= 11 is 0. The zero-order chi connectivity index (χ0) is 41.6. The summed E-state index contributed by atoms with van der Waals surface area (Å²) in [5.74, 6) is -2.98. The molecule has 0 saturated heterocycles. The largest absolute Gasteiger partial charge is 0.478 e. The lowest BCUT2D eigenvalue weighted by Crippen LogP contribution is -2.26. The molecule has 0 saturated carbocycles. The van der Waals surface area contributed by atoms with Crippen LogP contribution in [0.3, 0.4) is 0 Å². The van der Waals surface area contributed by atoms with E-state index in [9.17, 15) is 74.8 Å². The second-order valence-corrected chi connectivity index (χ2v) is 19.1. The Morgan fingerprint density at radius 2 is 1.26 bits per heavy atom. The molecule has 300 valence electrons. The average molecular weight is 860 g/mol. The van der Waals surface area contributed by atoms with Crippen molar-refractivity contribution < 1.29 is 79.3 Å². The number of hydrogen-bond donors (Lipinski definition) is 6. The molecule has 54 heavy (non-hydrogen) atoms. The molecule has 2 rings (SSSR count). The lowest BCUT2D eigenvalue weighted by atomic mass is 10.0. The Bertz CT molecular complexity index is 2480. The van der Waals surface area contributed by atoms with Gasteiger partial charge in [-0.3, -0.25) is 22.8 Å². The smallest absolute Gasteiger partial charge is 0.336 e. The van der Waals surface area contributed by atoms with Crippen molar-refractivity contribution >= 4 is 73.6 Å². The Balaban J connectivity index is 2.72. The molecule has 0 aliphatic carbocycles. The Labute approximate surface area is 313 Å². The van der Waals surface area contributed by atoms with Crippen LogP contribution in [0.15, 0.2) is 75.0 Å². The third-order valence-corrected chi connectivity index (χ3v) is 11.7. The minimum absolute atomic E-state index is 0.0229. The number of allylic oxidation sites excluding steroid dienone is 6. The number of carboxylic acids is 1. The van der Waals surface area contributed by atoms with Crippen LogP contribution in [0, 0.1) is 13.8 Å². The Hall–Kier alpha value is -3.85. The van der Waals surface area contributed by atoms with E-state index < -0.39 is 88.3 Å². The molecule has 0 unspecified atom stereocenters. The molecule has 19 nitrogen and oxygen atoms in total. The van der Waals surface area contributed by atoms with Gasteiger partial charge in [-0.25, -0.2) is 4.79 Å². The first-order valence-electron chi connectivity index (χ1n) is 15.2. The van der Waals surface area contributed by atoms with Gasteiger partial charge < -0.3 is 10.0 Å². The molecule has 0 atom stereocenters.